The fourth-order valence-corrected chi connectivity index (χ4v) is 9.74. The maximum Gasteiger partial charge on any atom is 0.0449 e. The van der Waals surface area contributed by atoms with E-state index in [1.54, 1.807) is 11.1 Å². The van der Waals surface area contributed by atoms with Crippen molar-refractivity contribution in [2.45, 2.75) is 220 Å². The van der Waals surface area contributed by atoms with Gasteiger partial charge >= 0.3 is 0 Å². The molecule has 3 rings (SSSR count). The van der Waals surface area contributed by atoms with Crippen LogP contribution in [0.3, 0.4) is 0 Å². The Morgan fingerprint density at radius 1 is 0.360 bits per heavy atom. The van der Waals surface area contributed by atoms with Crippen molar-refractivity contribution in [2.75, 3.05) is 0 Å². The third-order valence-electron chi connectivity index (χ3n) is 11.0. The zero-order chi connectivity index (χ0) is 35.5. The molecule has 282 valence electrons. The SMILES string of the molecule is CCCCCCCCCCCCCCCCc1cc(-c2ccc(-c3ccc(C)s3)s2)c(CCCCCCCCCCCCCCCC)cc1C. The van der Waals surface area contributed by atoms with Gasteiger partial charge in [0.15, 0.2) is 0 Å². The Bertz CT molecular complexity index is 1230. The number of hydrogen-bond donors (Lipinski definition) is 0. The summed E-state index contributed by atoms with van der Waals surface area (Å²) in [6.07, 6.45) is 42.4. The summed E-state index contributed by atoms with van der Waals surface area (Å²) in [6.45, 7) is 9.22. The largest absolute Gasteiger partial charge is 0.140 e. The topological polar surface area (TPSA) is 0 Å². The van der Waals surface area contributed by atoms with Crippen LogP contribution in [0.4, 0.5) is 0 Å². The Hall–Kier alpha value is -1.38. The van der Waals surface area contributed by atoms with Crippen molar-refractivity contribution >= 4 is 22.7 Å². The Kier molecular flexibility index (Phi) is 24.2. The van der Waals surface area contributed by atoms with Gasteiger partial charge in [-0.05, 0) is 92.1 Å². The van der Waals surface area contributed by atoms with Crippen molar-refractivity contribution < 1.29 is 0 Å². The fraction of sp³-hybridized carbons (Fsp3) is 0.708. The number of unbranched alkanes of at least 4 members (excludes halogenated alkanes) is 26. The maximum absolute atomic E-state index is 2.60. The van der Waals surface area contributed by atoms with E-state index in [-0.39, 0.29) is 0 Å². The van der Waals surface area contributed by atoms with Gasteiger partial charge in [-0.2, -0.15) is 0 Å². The van der Waals surface area contributed by atoms with E-state index in [4.69, 9.17) is 0 Å². The van der Waals surface area contributed by atoms with Gasteiger partial charge < -0.3 is 0 Å². The van der Waals surface area contributed by atoms with Crippen molar-refractivity contribution in [3.05, 3.63) is 58.0 Å². The lowest BCUT2D eigenvalue weighted by Crippen LogP contribution is -1.97. The minimum atomic E-state index is 1.22. The molecule has 0 amide bonds. The predicted octanol–water partition coefficient (Wildman–Crippen LogP) is 17.8. The van der Waals surface area contributed by atoms with Crippen LogP contribution >= 0.6 is 22.7 Å². The van der Waals surface area contributed by atoms with Gasteiger partial charge in [-0.1, -0.05) is 187 Å². The second-order valence-electron chi connectivity index (χ2n) is 15.7. The van der Waals surface area contributed by atoms with Gasteiger partial charge in [0.05, 0.1) is 0 Å². The van der Waals surface area contributed by atoms with Crippen molar-refractivity contribution in [3.63, 3.8) is 0 Å². The van der Waals surface area contributed by atoms with Crippen LogP contribution in [-0.2, 0) is 12.8 Å². The molecule has 2 heteroatoms. The molecule has 0 bridgehead atoms. The van der Waals surface area contributed by atoms with E-state index in [0.29, 0.717) is 0 Å². The highest BCUT2D eigenvalue weighted by atomic mass is 32.1. The fourth-order valence-electron chi connectivity index (χ4n) is 7.72. The van der Waals surface area contributed by atoms with E-state index in [2.05, 4.69) is 64.1 Å². The number of benzene rings is 1. The highest BCUT2D eigenvalue weighted by Gasteiger charge is 2.13. The second kappa shape index (κ2) is 28.2. The summed E-state index contributed by atoms with van der Waals surface area (Å²) in [5.74, 6) is 0. The van der Waals surface area contributed by atoms with Gasteiger partial charge in [0.1, 0.15) is 0 Å². The highest BCUT2D eigenvalue weighted by molar-refractivity contribution is 7.23. The molecule has 0 N–H and O–H groups in total. The van der Waals surface area contributed by atoms with Crippen LogP contribution in [0.5, 0.6) is 0 Å². The van der Waals surface area contributed by atoms with Crippen molar-refractivity contribution in [1.29, 1.82) is 0 Å². The number of hydrogen-bond acceptors (Lipinski definition) is 2. The molecule has 0 radical (unpaired) electrons. The maximum atomic E-state index is 2.60. The van der Waals surface area contributed by atoms with Crippen molar-refractivity contribution in [1.82, 2.24) is 0 Å². The Morgan fingerprint density at radius 3 is 1.14 bits per heavy atom. The van der Waals surface area contributed by atoms with Crippen LogP contribution in [0.1, 0.15) is 215 Å². The van der Waals surface area contributed by atoms with Gasteiger partial charge in [-0.3, -0.25) is 0 Å². The summed E-state index contributed by atoms with van der Waals surface area (Å²) in [5, 5.41) is 0. The van der Waals surface area contributed by atoms with Crippen LogP contribution < -0.4 is 0 Å². The monoisotopic (exact) mass is 719 g/mol. The Morgan fingerprint density at radius 2 is 0.720 bits per heavy atom. The molecule has 0 atom stereocenters. The van der Waals surface area contributed by atoms with E-state index in [1.165, 1.54) is 223 Å². The Balaban J connectivity index is 1.40. The van der Waals surface area contributed by atoms with Gasteiger partial charge in [0.2, 0.25) is 0 Å². The van der Waals surface area contributed by atoms with Crippen LogP contribution in [0.25, 0.3) is 20.2 Å². The first kappa shape index (κ1) is 43.0. The molecular weight excluding hydrogens is 641 g/mol. The van der Waals surface area contributed by atoms with E-state index < -0.39 is 0 Å². The molecule has 0 nitrogen and oxygen atoms in total. The smallest absolute Gasteiger partial charge is 0.0449 e. The lowest BCUT2D eigenvalue weighted by Gasteiger charge is -2.15. The van der Waals surface area contributed by atoms with Crippen molar-refractivity contribution in [3.8, 4) is 20.2 Å². The average molecular weight is 719 g/mol. The quantitative estimate of drug-likeness (QED) is 0.0564. The first-order valence-corrected chi connectivity index (χ1v) is 23.5. The molecule has 50 heavy (non-hydrogen) atoms. The summed E-state index contributed by atoms with van der Waals surface area (Å²) in [6, 6.07) is 14.5. The Labute approximate surface area is 319 Å². The van der Waals surface area contributed by atoms with Crippen molar-refractivity contribution in [2.24, 2.45) is 0 Å². The van der Waals surface area contributed by atoms with Gasteiger partial charge in [-0.15, -0.1) is 22.7 Å². The molecule has 2 aromatic heterocycles. The van der Waals surface area contributed by atoms with Crippen LogP contribution in [-0.4, -0.2) is 0 Å². The summed E-state index contributed by atoms with van der Waals surface area (Å²) < 4.78 is 0. The standard InChI is InChI=1S/C48H78S2/c1-5-7-9-11-13-15-17-19-21-23-25-27-29-31-33-43-40-45(46-37-38-48(50-46)47-36-35-42(4)49-47)44(39-41(43)3)34-32-30-28-26-24-22-20-18-16-14-12-10-8-6-2/h35-40H,5-34H2,1-4H3. The molecule has 0 aliphatic carbocycles. The second-order valence-corrected chi connectivity index (χ2v) is 18.1. The molecule has 0 aliphatic rings. The summed E-state index contributed by atoms with van der Waals surface area (Å²) in [7, 11) is 0. The molecule has 3 aromatic rings. The van der Waals surface area contributed by atoms with Crippen LogP contribution in [0.15, 0.2) is 36.4 Å². The summed E-state index contributed by atoms with van der Waals surface area (Å²) in [4.78, 5) is 5.71. The first-order chi connectivity index (χ1) is 24.6. The molecule has 0 aliphatic heterocycles. The summed E-state index contributed by atoms with van der Waals surface area (Å²) in [5.41, 5.74) is 6.22. The molecule has 1 aromatic carbocycles. The predicted molar refractivity (Wildman–Crippen MR) is 231 cm³/mol. The molecule has 2 heterocycles. The molecular formula is C48H78S2. The van der Waals surface area contributed by atoms with E-state index in [1.807, 2.05) is 22.7 Å². The van der Waals surface area contributed by atoms with Gasteiger partial charge in [0.25, 0.3) is 0 Å². The third-order valence-corrected chi connectivity index (χ3v) is 13.3. The lowest BCUT2D eigenvalue weighted by atomic mass is 9.92. The minimum Gasteiger partial charge on any atom is -0.140 e. The highest BCUT2D eigenvalue weighted by Crippen LogP contribution is 2.40. The number of thiophene rings is 2. The van der Waals surface area contributed by atoms with Gasteiger partial charge in [0, 0.05) is 19.5 Å². The zero-order valence-corrected chi connectivity index (χ0v) is 35.1. The molecule has 0 unspecified atom stereocenters. The molecule has 0 spiro atoms. The summed E-state index contributed by atoms with van der Waals surface area (Å²) >= 11 is 3.93. The van der Waals surface area contributed by atoms with Crippen LogP contribution in [0.2, 0.25) is 0 Å². The van der Waals surface area contributed by atoms with E-state index in [0.717, 1.165) is 0 Å². The zero-order valence-electron chi connectivity index (χ0n) is 33.5. The van der Waals surface area contributed by atoms with E-state index in [9.17, 15) is 0 Å². The van der Waals surface area contributed by atoms with Gasteiger partial charge in [-0.25, -0.2) is 0 Å². The molecule has 0 saturated heterocycles. The first-order valence-electron chi connectivity index (χ1n) is 21.9. The third kappa shape index (κ3) is 18.4. The van der Waals surface area contributed by atoms with E-state index >= 15 is 0 Å². The normalized spacial score (nSPS) is 11.6. The number of aryl methyl sites for hydroxylation is 4. The molecule has 0 fully saturated rings. The molecule has 0 saturated carbocycles. The minimum absolute atomic E-state index is 1.22. The average Bonchev–Trinajstić information content (AvgIpc) is 3.79. The lowest BCUT2D eigenvalue weighted by molar-refractivity contribution is 0.535. The number of rotatable bonds is 32. The van der Waals surface area contributed by atoms with Crippen LogP contribution in [0, 0.1) is 13.8 Å².